The predicted molar refractivity (Wildman–Crippen MR) is 125 cm³/mol. The first-order valence-electron chi connectivity index (χ1n) is 10.5. The average molecular weight is 438 g/mol. The fraction of sp³-hybridized carbons (Fsp3) is 0.0800. The monoisotopic (exact) mass is 438 g/mol. The van der Waals surface area contributed by atoms with Crippen LogP contribution in [0.4, 0.5) is 5.69 Å². The third kappa shape index (κ3) is 3.47. The van der Waals surface area contributed by atoms with E-state index in [1.807, 2.05) is 42.5 Å². The highest BCUT2D eigenvalue weighted by molar-refractivity contribution is 6.13. The minimum atomic E-state index is -0.294. The minimum Gasteiger partial charge on any atom is -0.486 e. The number of benzene rings is 3. The zero-order valence-electron chi connectivity index (χ0n) is 17.3. The summed E-state index contributed by atoms with van der Waals surface area (Å²) in [5.41, 5.74) is 4.25. The Morgan fingerprint density at radius 1 is 0.879 bits per heavy atom. The molecule has 0 atom stereocenters. The zero-order chi connectivity index (χ0) is 22.4. The smallest absolute Gasteiger partial charge is 0.323 e. The van der Waals surface area contributed by atoms with E-state index >= 15 is 0 Å². The summed E-state index contributed by atoms with van der Waals surface area (Å²) in [6, 6.07) is 20.1. The number of aromatic nitrogens is 3. The second kappa shape index (κ2) is 7.52. The Morgan fingerprint density at radius 2 is 1.70 bits per heavy atom. The number of hydrogen-bond acceptors (Lipinski definition) is 5. The first-order chi connectivity index (χ1) is 16.1. The first kappa shape index (κ1) is 19.1. The number of amides is 1. The Kier molecular flexibility index (Phi) is 4.36. The van der Waals surface area contributed by atoms with Crippen LogP contribution in [0.3, 0.4) is 0 Å². The maximum absolute atomic E-state index is 13.3. The summed E-state index contributed by atoms with van der Waals surface area (Å²) in [6.45, 7) is 1.01. The van der Waals surface area contributed by atoms with Gasteiger partial charge in [-0.2, -0.15) is 0 Å². The molecule has 8 nitrogen and oxygen atoms in total. The SMILES string of the molecule is O=C(Nc1ccc2[nH]c(=O)[nH]c2c1)c1cc(-c2ccc3c(c2)OCCO3)nc2ccccc12. The summed E-state index contributed by atoms with van der Waals surface area (Å²) in [4.78, 5) is 35.0. The van der Waals surface area contributed by atoms with Crippen molar-refractivity contribution in [1.29, 1.82) is 0 Å². The van der Waals surface area contributed by atoms with Crippen molar-refractivity contribution in [1.82, 2.24) is 15.0 Å². The van der Waals surface area contributed by atoms with E-state index in [0.29, 0.717) is 58.2 Å². The molecule has 0 unspecified atom stereocenters. The molecule has 1 amide bonds. The van der Waals surface area contributed by atoms with Crippen LogP contribution in [-0.4, -0.2) is 34.1 Å². The highest BCUT2D eigenvalue weighted by Crippen LogP contribution is 2.35. The van der Waals surface area contributed by atoms with E-state index < -0.39 is 0 Å². The molecular weight excluding hydrogens is 420 g/mol. The van der Waals surface area contributed by atoms with Crippen LogP contribution in [0.15, 0.2) is 71.5 Å². The lowest BCUT2D eigenvalue weighted by molar-refractivity contribution is 0.102. The first-order valence-corrected chi connectivity index (χ1v) is 10.5. The van der Waals surface area contributed by atoms with Crippen molar-refractivity contribution in [3.05, 3.63) is 82.8 Å². The number of anilines is 1. The van der Waals surface area contributed by atoms with Crippen molar-refractivity contribution >= 4 is 33.5 Å². The number of ether oxygens (including phenoxy) is 2. The van der Waals surface area contributed by atoms with Crippen molar-refractivity contribution in [3.8, 4) is 22.8 Å². The summed E-state index contributed by atoms with van der Waals surface area (Å²) in [7, 11) is 0. The van der Waals surface area contributed by atoms with Crippen LogP contribution < -0.4 is 20.5 Å². The quantitative estimate of drug-likeness (QED) is 0.393. The Labute approximate surface area is 187 Å². The molecule has 3 heterocycles. The minimum absolute atomic E-state index is 0.273. The number of nitrogens with one attached hydrogen (secondary N) is 3. The molecule has 8 heteroatoms. The van der Waals surface area contributed by atoms with Crippen LogP contribution in [-0.2, 0) is 0 Å². The molecule has 162 valence electrons. The van der Waals surface area contributed by atoms with Crippen molar-refractivity contribution in [3.63, 3.8) is 0 Å². The summed E-state index contributed by atoms with van der Waals surface area (Å²) in [5.74, 6) is 1.08. The maximum Gasteiger partial charge on any atom is 0.323 e. The third-order valence-corrected chi connectivity index (χ3v) is 5.57. The molecule has 3 aromatic carbocycles. The topological polar surface area (TPSA) is 109 Å². The normalized spacial score (nSPS) is 12.7. The lowest BCUT2D eigenvalue weighted by atomic mass is 10.0. The second-order valence-electron chi connectivity index (χ2n) is 7.72. The predicted octanol–water partition coefficient (Wildman–Crippen LogP) is 4.09. The van der Waals surface area contributed by atoms with E-state index in [1.54, 1.807) is 24.3 Å². The van der Waals surface area contributed by atoms with Crippen molar-refractivity contribution in [2.75, 3.05) is 18.5 Å². The van der Waals surface area contributed by atoms with E-state index in [0.717, 1.165) is 10.9 Å². The largest absolute Gasteiger partial charge is 0.486 e. The van der Waals surface area contributed by atoms with Gasteiger partial charge in [-0.05, 0) is 48.5 Å². The fourth-order valence-electron chi connectivity index (χ4n) is 4.02. The van der Waals surface area contributed by atoms with Gasteiger partial charge in [-0.15, -0.1) is 0 Å². The van der Waals surface area contributed by atoms with Gasteiger partial charge in [0.25, 0.3) is 5.91 Å². The van der Waals surface area contributed by atoms with Crippen LogP contribution >= 0.6 is 0 Å². The van der Waals surface area contributed by atoms with Gasteiger partial charge in [-0.1, -0.05) is 18.2 Å². The highest BCUT2D eigenvalue weighted by Gasteiger charge is 2.17. The van der Waals surface area contributed by atoms with Crippen molar-refractivity contribution < 1.29 is 14.3 Å². The van der Waals surface area contributed by atoms with Crippen LogP contribution in [0.1, 0.15) is 10.4 Å². The van der Waals surface area contributed by atoms with E-state index in [4.69, 9.17) is 14.5 Å². The number of imidazole rings is 1. The van der Waals surface area contributed by atoms with Gasteiger partial charge in [0.1, 0.15) is 13.2 Å². The van der Waals surface area contributed by atoms with E-state index in [1.165, 1.54) is 0 Å². The molecule has 0 spiro atoms. The second-order valence-corrected chi connectivity index (χ2v) is 7.72. The molecule has 2 aromatic heterocycles. The highest BCUT2D eigenvalue weighted by atomic mass is 16.6. The van der Waals surface area contributed by atoms with Gasteiger partial charge in [0.2, 0.25) is 0 Å². The number of para-hydroxylation sites is 1. The fourth-order valence-corrected chi connectivity index (χ4v) is 4.02. The standard InChI is InChI=1S/C25H18N4O4/c30-24(26-15-6-7-19-21(12-15)29-25(31)28-19)17-13-20(27-18-4-2-1-3-16(17)18)14-5-8-22-23(11-14)33-10-9-32-22/h1-8,11-13H,9-10H2,(H,26,30)(H2,28,29,31). The lowest BCUT2D eigenvalue weighted by Crippen LogP contribution is -2.15. The average Bonchev–Trinajstić information content (AvgIpc) is 3.22. The lowest BCUT2D eigenvalue weighted by Gasteiger charge is -2.19. The molecule has 33 heavy (non-hydrogen) atoms. The van der Waals surface area contributed by atoms with Gasteiger partial charge >= 0.3 is 5.69 Å². The number of pyridine rings is 1. The number of carbonyl (C=O) groups is 1. The van der Waals surface area contributed by atoms with Crippen LogP contribution in [0.2, 0.25) is 0 Å². The van der Waals surface area contributed by atoms with Crippen LogP contribution in [0.5, 0.6) is 11.5 Å². The summed E-state index contributed by atoms with van der Waals surface area (Å²) >= 11 is 0. The molecule has 0 radical (unpaired) electrons. The van der Waals surface area contributed by atoms with Gasteiger partial charge in [0, 0.05) is 16.6 Å². The molecule has 1 aliphatic heterocycles. The Morgan fingerprint density at radius 3 is 2.61 bits per heavy atom. The van der Waals surface area contributed by atoms with E-state index in [9.17, 15) is 9.59 Å². The molecule has 5 aromatic rings. The third-order valence-electron chi connectivity index (χ3n) is 5.57. The Hall–Kier alpha value is -4.59. The molecular formula is C25H18N4O4. The number of aromatic amines is 2. The Balaban J connectivity index is 1.41. The summed E-state index contributed by atoms with van der Waals surface area (Å²) < 4.78 is 11.3. The number of rotatable bonds is 3. The molecule has 0 saturated heterocycles. The van der Waals surface area contributed by atoms with Crippen LogP contribution in [0, 0.1) is 0 Å². The molecule has 3 N–H and O–H groups in total. The van der Waals surface area contributed by atoms with E-state index in [-0.39, 0.29) is 11.6 Å². The van der Waals surface area contributed by atoms with Gasteiger partial charge in [-0.3, -0.25) is 4.79 Å². The van der Waals surface area contributed by atoms with Crippen LogP contribution in [0.25, 0.3) is 33.2 Å². The summed E-state index contributed by atoms with van der Waals surface area (Å²) in [6.07, 6.45) is 0. The number of H-pyrrole nitrogens is 2. The van der Waals surface area contributed by atoms with E-state index in [2.05, 4.69) is 15.3 Å². The number of hydrogen-bond donors (Lipinski definition) is 3. The van der Waals surface area contributed by atoms with Gasteiger partial charge in [0.05, 0.1) is 27.8 Å². The number of fused-ring (bicyclic) bond motifs is 3. The molecule has 0 bridgehead atoms. The van der Waals surface area contributed by atoms with Gasteiger partial charge in [-0.25, -0.2) is 9.78 Å². The molecule has 1 aliphatic rings. The molecule has 0 fully saturated rings. The zero-order valence-corrected chi connectivity index (χ0v) is 17.3. The Bertz CT molecular complexity index is 1600. The summed E-state index contributed by atoms with van der Waals surface area (Å²) in [5, 5.41) is 3.68. The van der Waals surface area contributed by atoms with Gasteiger partial charge < -0.3 is 24.8 Å². The van der Waals surface area contributed by atoms with Gasteiger partial charge in [0.15, 0.2) is 11.5 Å². The molecule has 0 saturated carbocycles. The number of nitrogens with zero attached hydrogens (tertiary/aromatic N) is 1. The molecule has 6 rings (SSSR count). The van der Waals surface area contributed by atoms with Crippen molar-refractivity contribution in [2.24, 2.45) is 0 Å². The molecule has 0 aliphatic carbocycles. The number of carbonyl (C=O) groups excluding carboxylic acids is 1. The maximum atomic E-state index is 13.3. The van der Waals surface area contributed by atoms with Crippen molar-refractivity contribution in [2.45, 2.75) is 0 Å².